The third-order valence-electron chi connectivity index (χ3n) is 4.54. The van der Waals surface area contributed by atoms with E-state index in [0.29, 0.717) is 12.0 Å². The second kappa shape index (κ2) is 4.43. The highest BCUT2D eigenvalue weighted by Crippen LogP contribution is 2.46. The molecule has 0 bridgehead atoms. The first-order valence-electron chi connectivity index (χ1n) is 6.81. The molecule has 0 amide bonds. The number of hydrogen-bond donors (Lipinski definition) is 2. The van der Waals surface area contributed by atoms with E-state index in [-0.39, 0.29) is 0 Å². The third kappa shape index (κ3) is 1.90. The van der Waals surface area contributed by atoms with Crippen molar-refractivity contribution in [1.29, 1.82) is 0 Å². The largest absolute Gasteiger partial charge is 0.388 e. The molecule has 92 valence electrons. The van der Waals surface area contributed by atoms with E-state index in [1.807, 2.05) is 6.07 Å². The molecule has 2 nitrogen and oxygen atoms in total. The minimum absolute atomic E-state index is 0.301. The van der Waals surface area contributed by atoms with E-state index in [1.165, 1.54) is 12.0 Å². The van der Waals surface area contributed by atoms with Crippen LogP contribution in [0.2, 0.25) is 0 Å². The van der Waals surface area contributed by atoms with Crippen LogP contribution in [0.5, 0.6) is 0 Å². The molecule has 2 heteroatoms. The van der Waals surface area contributed by atoms with Gasteiger partial charge in [0.2, 0.25) is 0 Å². The Kier molecular flexibility index (Phi) is 2.93. The van der Waals surface area contributed by atoms with Crippen molar-refractivity contribution in [3.63, 3.8) is 0 Å². The fraction of sp³-hybridized carbons (Fsp3) is 0.600. The molecule has 3 atom stereocenters. The minimum atomic E-state index is -0.516. The maximum Gasteiger partial charge on any atom is 0.0868 e. The number of aliphatic hydroxyl groups is 1. The van der Waals surface area contributed by atoms with Gasteiger partial charge in [-0.2, -0.15) is 0 Å². The molecular formula is C15H21NO. The molecular weight excluding hydrogens is 210 g/mol. The highest BCUT2D eigenvalue weighted by Gasteiger charge is 2.48. The summed E-state index contributed by atoms with van der Waals surface area (Å²) in [5, 5.41) is 14.5. The van der Waals surface area contributed by atoms with Crippen molar-refractivity contribution in [1.82, 2.24) is 5.32 Å². The Labute approximate surface area is 103 Å². The van der Waals surface area contributed by atoms with Crippen LogP contribution in [-0.4, -0.2) is 23.3 Å². The molecule has 3 rings (SSSR count). The summed E-state index contributed by atoms with van der Waals surface area (Å²) in [4.78, 5) is 0. The molecule has 1 saturated heterocycles. The summed E-state index contributed by atoms with van der Waals surface area (Å²) in [5.74, 6) is 0.319. The van der Waals surface area contributed by atoms with E-state index < -0.39 is 5.60 Å². The van der Waals surface area contributed by atoms with Gasteiger partial charge in [0.15, 0.2) is 0 Å². The first kappa shape index (κ1) is 11.2. The molecule has 1 saturated carbocycles. The number of nitrogens with one attached hydrogen (secondary N) is 1. The monoisotopic (exact) mass is 231 g/mol. The molecule has 1 aromatic carbocycles. The predicted molar refractivity (Wildman–Crippen MR) is 69.0 cm³/mol. The molecule has 2 N–H and O–H groups in total. The zero-order chi connectivity index (χ0) is 11.7. The number of rotatable bonds is 2. The SMILES string of the molecule is OC1([C@@H]2CCCN2)CCCC1c1ccccc1. The highest BCUT2D eigenvalue weighted by atomic mass is 16.3. The van der Waals surface area contributed by atoms with Crippen LogP contribution in [0.25, 0.3) is 0 Å². The second-order valence-corrected chi connectivity index (χ2v) is 5.50. The van der Waals surface area contributed by atoms with Crippen molar-refractivity contribution in [2.45, 2.75) is 49.7 Å². The molecule has 0 spiro atoms. The topological polar surface area (TPSA) is 32.3 Å². The van der Waals surface area contributed by atoms with Crippen LogP contribution >= 0.6 is 0 Å². The molecule has 2 fully saturated rings. The average Bonchev–Trinajstić information content (AvgIpc) is 2.99. The standard InChI is InChI=1S/C15H21NO/c17-15(14-9-5-11-16-14)10-4-8-13(15)12-6-2-1-3-7-12/h1-3,6-7,13-14,16-17H,4-5,8-11H2/t13?,14-,15?/m0/s1. The molecule has 1 aromatic rings. The molecule has 2 aliphatic rings. The van der Waals surface area contributed by atoms with Crippen molar-refractivity contribution >= 4 is 0 Å². The van der Waals surface area contributed by atoms with Crippen LogP contribution < -0.4 is 5.32 Å². The van der Waals surface area contributed by atoms with Gasteiger partial charge < -0.3 is 10.4 Å². The Balaban J connectivity index is 1.88. The normalized spacial score (nSPS) is 37.5. The van der Waals surface area contributed by atoms with Gasteiger partial charge >= 0.3 is 0 Å². The predicted octanol–water partition coefficient (Wildman–Crippen LogP) is 2.44. The zero-order valence-electron chi connectivity index (χ0n) is 10.2. The quantitative estimate of drug-likeness (QED) is 0.819. The third-order valence-corrected chi connectivity index (χ3v) is 4.54. The molecule has 0 aromatic heterocycles. The summed E-state index contributed by atoms with van der Waals surface area (Å²) in [7, 11) is 0. The summed E-state index contributed by atoms with van der Waals surface area (Å²) < 4.78 is 0. The summed E-state index contributed by atoms with van der Waals surface area (Å²) in [6.07, 6.45) is 5.55. The molecule has 0 radical (unpaired) electrons. The van der Waals surface area contributed by atoms with Crippen LogP contribution in [0.15, 0.2) is 30.3 Å². The van der Waals surface area contributed by atoms with Crippen LogP contribution in [0, 0.1) is 0 Å². The van der Waals surface area contributed by atoms with Gasteiger partial charge in [0.25, 0.3) is 0 Å². The first-order chi connectivity index (χ1) is 8.31. The lowest BCUT2D eigenvalue weighted by atomic mass is 9.79. The highest BCUT2D eigenvalue weighted by molar-refractivity contribution is 5.26. The van der Waals surface area contributed by atoms with Crippen molar-refractivity contribution in [3.05, 3.63) is 35.9 Å². The zero-order valence-corrected chi connectivity index (χ0v) is 10.2. The Hall–Kier alpha value is -0.860. The van der Waals surface area contributed by atoms with Gasteiger partial charge in [0.05, 0.1) is 5.60 Å². The molecule has 1 aliphatic carbocycles. The van der Waals surface area contributed by atoms with Gasteiger partial charge in [-0.1, -0.05) is 30.3 Å². The molecule has 1 heterocycles. The van der Waals surface area contributed by atoms with Crippen LogP contribution in [0.1, 0.15) is 43.6 Å². The maximum atomic E-state index is 11.0. The molecule has 1 aliphatic heterocycles. The Morgan fingerprint density at radius 2 is 1.94 bits per heavy atom. The van der Waals surface area contributed by atoms with Crippen molar-refractivity contribution in [2.24, 2.45) is 0 Å². The van der Waals surface area contributed by atoms with Gasteiger partial charge in [-0.05, 0) is 44.2 Å². The molecule has 17 heavy (non-hydrogen) atoms. The van der Waals surface area contributed by atoms with Gasteiger partial charge in [-0.15, -0.1) is 0 Å². The smallest absolute Gasteiger partial charge is 0.0868 e. The van der Waals surface area contributed by atoms with E-state index in [9.17, 15) is 5.11 Å². The summed E-state index contributed by atoms with van der Waals surface area (Å²) in [5.41, 5.74) is 0.791. The number of benzene rings is 1. The lowest BCUT2D eigenvalue weighted by Gasteiger charge is -2.36. The van der Waals surface area contributed by atoms with E-state index in [0.717, 1.165) is 32.2 Å². The van der Waals surface area contributed by atoms with Gasteiger partial charge in [0, 0.05) is 12.0 Å². The van der Waals surface area contributed by atoms with E-state index in [2.05, 4.69) is 29.6 Å². The van der Waals surface area contributed by atoms with Crippen molar-refractivity contribution in [2.75, 3.05) is 6.54 Å². The second-order valence-electron chi connectivity index (χ2n) is 5.50. The molecule has 2 unspecified atom stereocenters. The summed E-state index contributed by atoms with van der Waals surface area (Å²) in [6.45, 7) is 1.06. The lowest BCUT2D eigenvalue weighted by molar-refractivity contribution is -0.00210. The van der Waals surface area contributed by atoms with Crippen LogP contribution in [-0.2, 0) is 0 Å². The van der Waals surface area contributed by atoms with Crippen molar-refractivity contribution < 1.29 is 5.11 Å². The van der Waals surface area contributed by atoms with Gasteiger partial charge in [-0.25, -0.2) is 0 Å². The fourth-order valence-corrected chi connectivity index (χ4v) is 3.68. The first-order valence-corrected chi connectivity index (χ1v) is 6.81. The van der Waals surface area contributed by atoms with Crippen LogP contribution in [0.3, 0.4) is 0 Å². The maximum absolute atomic E-state index is 11.0. The summed E-state index contributed by atoms with van der Waals surface area (Å²) in [6, 6.07) is 10.8. The van der Waals surface area contributed by atoms with E-state index in [1.54, 1.807) is 0 Å². The van der Waals surface area contributed by atoms with Gasteiger partial charge in [-0.3, -0.25) is 0 Å². The Morgan fingerprint density at radius 3 is 2.65 bits per heavy atom. The van der Waals surface area contributed by atoms with Crippen molar-refractivity contribution in [3.8, 4) is 0 Å². The Bertz CT molecular complexity index is 372. The number of hydrogen-bond acceptors (Lipinski definition) is 2. The average molecular weight is 231 g/mol. The fourth-order valence-electron chi connectivity index (χ4n) is 3.68. The minimum Gasteiger partial charge on any atom is -0.388 e. The summed E-state index contributed by atoms with van der Waals surface area (Å²) >= 11 is 0. The van der Waals surface area contributed by atoms with Gasteiger partial charge in [0.1, 0.15) is 0 Å². The van der Waals surface area contributed by atoms with E-state index in [4.69, 9.17) is 0 Å². The lowest BCUT2D eigenvalue weighted by Crippen LogP contribution is -2.49. The van der Waals surface area contributed by atoms with E-state index >= 15 is 0 Å². The Morgan fingerprint density at radius 1 is 1.12 bits per heavy atom. The van der Waals surface area contributed by atoms with Crippen LogP contribution in [0.4, 0.5) is 0 Å².